The minimum absolute atomic E-state index is 0.669. The van der Waals surface area contributed by atoms with E-state index in [9.17, 15) is 0 Å². The molecule has 3 unspecified atom stereocenters. The summed E-state index contributed by atoms with van der Waals surface area (Å²) in [5.41, 5.74) is 2.87. The Labute approximate surface area is 116 Å². The van der Waals surface area contributed by atoms with Gasteiger partial charge < -0.3 is 10.1 Å². The third-order valence-electron chi connectivity index (χ3n) is 4.86. The highest BCUT2D eigenvalue weighted by atomic mass is 16.5. The minimum atomic E-state index is 0.669. The van der Waals surface area contributed by atoms with Crippen LogP contribution >= 0.6 is 0 Å². The highest BCUT2D eigenvalue weighted by Gasteiger charge is 2.35. The second-order valence-corrected chi connectivity index (χ2v) is 6.04. The molecule has 2 aliphatic rings. The highest BCUT2D eigenvalue weighted by molar-refractivity contribution is 5.46. The molecule has 2 nitrogen and oxygen atoms in total. The first-order chi connectivity index (χ1) is 9.31. The number of ether oxygens (including phenoxy) is 1. The molecule has 0 saturated heterocycles. The zero-order valence-electron chi connectivity index (χ0n) is 12.1. The average Bonchev–Trinajstić information content (AvgIpc) is 3.03. The molecule has 1 N–H and O–H groups in total. The van der Waals surface area contributed by atoms with Crippen LogP contribution in [0, 0.1) is 5.92 Å². The summed E-state index contributed by atoms with van der Waals surface area (Å²) < 4.78 is 5.89. The molecule has 3 atom stereocenters. The predicted octanol–water partition coefficient (Wildman–Crippen LogP) is 3.50. The molecule has 1 heterocycles. The van der Waals surface area contributed by atoms with Crippen LogP contribution in [0.1, 0.15) is 50.2 Å². The Morgan fingerprint density at radius 1 is 1.32 bits per heavy atom. The zero-order valence-corrected chi connectivity index (χ0v) is 12.1. The molecule has 3 rings (SSSR count). The molecule has 104 valence electrons. The number of hydrogen-bond acceptors (Lipinski definition) is 2. The van der Waals surface area contributed by atoms with E-state index in [0.29, 0.717) is 17.9 Å². The Kier molecular flexibility index (Phi) is 3.79. The summed E-state index contributed by atoms with van der Waals surface area (Å²) in [5.74, 6) is 2.58. The SMILES string of the molecule is CCCNC1CCC(c2cccc3c2OCC3)C1C. The van der Waals surface area contributed by atoms with E-state index in [-0.39, 0.29) is 0 Å². The van der Waals surface area contributed by atoms with Gasteiger partial charge in [-0.3, -0.25) is 0 Å². The van der Waals surface area contributed by atoms with Gasteiger partial charge >= 0.3 is 0 Å². The second kappa shape index (κ2) is 5.54. The van der Waals surface area contributed by atoms with Crippen LogP contribution < -0.4 is 10.1 Å². The Bertz CT molecular complexity index is 443. The van der Waals surface area contributed by atoms with Gasteiger partial charge in [-0.15, -0.1) is 0 Å². The van der Waals surface area contributed by atoms with Gasteiger partial charge in [-0.2, -0.15) is 0 Å². The molecule has 1 aromatic rings. The molecule has 1 fully saturated rings. The van der Waals surface area contributed by atoms with Crippen molar-refractivity contribution in [2.75, 3.05) is 13.2 Å². The van der Waals surface area contributed by atoms with Gasteiger partial charge in [0.05, 0.1) is 6.61 Å². The monoisotopic (exact) mass is 259 g/mol. The molecular weight excluding hydrogens is 234 g/mol. The number of hydrogen-bond donors (Lipinski definition) is 1. The van der Waals surface area contributed by atoms with E-state index in [4.69, 9.17) is 4.74 Å². The molecule has 1 aliphatic heterocycles. The number of fused-ring (bicyclic) bond motifs is 1. The van der Waals surface area contributed by atoms with Crippen LogP contribution in [0.15, 0.2) is 18.2 Å². The molecule has 19 heavy (non-hydrogen) atoms. The van der Waals surface area contributed by atoms with Crippen molar-refractivity contribution < 1.29 is 4.74 Å². The highest BCUT2D eigenvalue weighted by Crippen LogP contribution is 2.45. The van der Waals surface area contributed by atoms with Crippen molar-refractivity contribution in [1.29, 1.82) is 0 Å². The molecule has 0 aromatic heterocycles. The Morgan fingerprint density at radius 3 is 3.05 bits per heavy atom. The topological polar surface area (TPSA) is 21.3 Å². The van der Waals surface area contributed by atoms with Gasteiger partial charge in [0.1, 0.15) is 5.75 Å². The summed E-state index contributed by atoms with van der Waals surface area (Å²) in [6, 6.07) is 7.40. The Balaban J connectivity index is 1.78. The van der Waals surface area contributed by atoms with Crippen LogP contribution in [0.5, 0.6) is 5.75 Å². The van der Waals surface area contributed by atoms with E-state index in [1.165, 1.54) is 36.1 Å². The van der Waals surface area contributed by atoms with Gasteiger partial charge in [0.15, 0.2) is 0 Å². The van der Waals surface area contributed by atoms with Crippen molar-refractivity contribution in [3.8, 4) is 5.75 Å². The van der Waals surface area contributed by atoms with Crippen molar-refractivity contribution in [2.45, 2.75) is 51.5 Å². The zero-order chi connectivity index (χ0) is 13.2. The van der Waals surface area contributed by atoms with E-state index in [1.54, 1.807) is 0 Å². The molecule has 1 saturated carbocycles. The third-order valence-corrected chi connectivity index (χ3v) is 4.86. The van der Waals surface area contributed by atoms with Crippen molar-refractivity contribution in [2.24, 2.45) is 5.92 Å². The van der Waals surface area contributed by atoms with E-state index in [1.807, 2.05) is 0 Å². The van der Waals surface area contributed by atoms with Crippen LogP contribution in [-0.4, -0.2) is 19.2 Å². The molecule has 2 heteroatoms. The fraction of sp³-hybridized carbons (Fsp3) is 0.647. The summed E-state index contributed by atoms with van der Waals surface area (Å²) >= 11 is 0. The van der Waals surface area contributed by atoms with Crippen molar-refractivity contribution in [3.05, 3.63) is 29.3 Å². The van der Waals surface area contributed by atoms with Crippen molar-refractivity contribution >= 4 is 0 Å². The Hall–Kier alpha value is -1.02. The lowest BCUT2D eigenvalue weighted by Gasteiger charge is -2.23. The second-order valence-electron chi connectivity index (χ2n) is 6.04. The van der Waals surface area contributed by atoms with Crippen LogP contribution in [0.2, 0.25) is 0 Å². The molecule has 0 amide bonds. The predicted molar refractivity (Wildman–Crippen MR) is 78.9 cm³/mol. The van der Waals surface area contributed by atoms with Gasteiger partial charge in [0, 0.05) is 12.5 Å². The summed E-state index contributed by atoms with van der Waals surface area (Å²) in [4.78, 5) is 0. The van der Waals surface area contributed by atoms with Crippen LogP contribution in [-0.2, 0) is 6.42 Å². The summed E-state index contributed by atoms with van der Waals surface area (Å²) in [7, 11) is 0. The molecule has 0 bridgehead atoms. The maximum atomic E-state index is 5.89. The number of benzene rings is 1. The fourth-order valence-electron chi connectivity index (χ4n) is 3.75. The minimum Gasteiger partial charge on any atom is -0.493 e. The number of para-hydroxylation sites is 1. The van der Waals surface area contributed by atoms with Crippen LogP contribution in [0.25, 0.3) is 0 Å². The third kappa shape index (κ3) is 2.38. The van der Waals surface area contributed by atoms with E-state index in [0.717, 1.165) is 19.6 Å². The van der Waals surface area contributed by atoms with Gasteiger partial charge in [-0.25, -0.2) is 0 Å². The molecular formula is C17H25NO. The molecule has 1 aliphatic carbocycles. The summed E-state index contributed by atoms with van der Waals surface area (Å²) in [6.45, 7) is 6.65. The average molecular weight is 259 g/mol. The molecule has 1 aromatic carbocycles. The largest absolute Gasteiger partial charge is 0.493 e. The normalized spacial score (nSPS) is 29.3. The lowest BCUT2D eigenvalue weighted by molar-refractivity contribution is 0.344. The van der Waals surface area contributed by atoms with Gasteiger partial charge in [-0.05, 0) is 48.8 Å². The van der Waals surface area contributed by atoms with Gasteiger partial charge in [-0.1, -0.05) is 32.0 Å². The smallest absolute Gasteiger partial charge is 0.126 e. The Morgan fingerprint density at radius 2 is 2.21 bits per heavy atom. The maximum Gasteiger partial charge on any atom is 0.126 e. The van der Waals surface area contributed by atoms with Crippen LogP contribution in [0.4, 0.5) is 0 Å². The van der Waals surface area contributed by atoms with Gasteiger partial charge in [0.25, 0.3) is 0 Å². The van der Waals surface area contributed by atoms with Crippen LogP contribution in [0.3, 0.4) is 0 Å². The summed E-state index contributed by atoms with van der Waals surface area (Å²) in [6.07, 6.45) is 4.90. The first kappa shape index (κ1) is 13.0. The van der Waals surface area contributed by atoms with E-state index in [2.05, 4.69) is 37.4 Å². The standard InChI is InChI=1S/C17H25NO/c1-3-10-18-16-8-7-14(12(16)2)15-6-4-5-13-9-11-19-17(13)15/h4-6,12,14,16,18H,3,7-11H2,1-2H3. The first-order valence-corrected chi connectivity index (χ1v) is 7.79. The summed E-state index contributed by atoms with van der Waals surface area (Å²) in [5, 5.41) is 3.71. The molecule has 0 radical (unpaired) electrons. The first-order valence-electron chi connectivity index (χ1n) is 7.79. The fourth-order valence-corrected chi connectivity index (χ4v) is 3.75. The maximum absolute atomic E-state index is 5.89. The molecule has 0 spiro atoms. The lowest BCUT2D eigenvalue weighted by Crippen LogP contribution is -2.32. The van der Waals surface area contributed by atoms with Crippen molar-refractivity contribution in [3.63, 3.8) is 0 Å². The number of nitrogens with one attached hydrogen (secondary N) is 1. The van der Waals surface area contributed by atoms with Crippen molar-refractivity contribution in [1.82, 2.24) is 5.32 Å². The number of rotatable bonds is 4. The van der Waals surface area contributed by atoms with E-state index >= 15 is 0 Å². The van der Waals surface area contributed by atoms with Gasteiger partial charge in [0.2, 0.25) is 0 Å². The quantitative estimate of drug-likeness (QED) is 0.893. The van der Waals surface area contributed by atoms with E-state index < -0.39 is 0 Å². The lowest BCUT2D eigenvalue weighted by atomic mass is 9.87.